The number of halogens is 2. The van der Waals surface area contributed by atoms with E-state index in [2.05, 4.69) is 29.0 Å². The first-order chi connectivity index (χ1) is 23.5. The first-order valence-electron chi connectivity index (χ1n) is 15.4. The van der Waals surface area contributed by atoms with Gasteiger partial charge in [0.25, 0.3) is 5.78 Å². The van der Waals surface area contributed by atoms with Gasteiger partial charge in [-0.05, 0) is 73.2 Å². The van der Waals surface area contributed by atoms with Crippen molar-refractivity contribution in [2.45, 2.75) is 50.3 Å². The molecule has 1 fully saturated rings. The molecule has 0 saturated carbocycles. The van der Waals surface area contributed by atoms with Crippen LogP contribution in [0.3, 0.4) is 0 Å². The Kier molecular flexibility index (Phi) is 10.2. The van der Waals surface area contributed by atoms with E-state index in [0.29, 0.717) is 61.1 Å². The summed E-state index contributed by atoms with van der Waals surface area (Å²) < 4.78 is 14.1. The van der Waals surface area contributed by atoms with Gasteiger partial charge in [-0.15, -0.1) is 10.2 Å². The zero-order chi connectivity index (χ0) is 35.0. The van der Waals surface area contributed by atoms with Crippen LogP contribution in [0.4, 0.5) is 5.13 Å². The van der Waals surface area contributed by atoms with Crippen LogP contribution in [-0.2, 0) is 15.3 Å². The van der Waals surface area contributed by atoms with Gasteiger partial charge in [-0.25, -0.2) is 4.98 Å². The molecule has 1 atom stereocenters. The van der Waals surface area contributed by atoms with Gasteiger partial charge in [0, 0.05) is 22.0 Å². The Bertz CT molecular complexity index is 2110. The summed E-state index contributed by atoms with van der Waals surface area (Å²) in [6.45, 7) is 8.43. The molecule has 0 bridgehead atoms. The summed E-state index contributed by atoms with van der Waals surface area (Å²) in [6, 6.07) is 13.2. The number of methoxy groups -OCH3 is 1. The third kappa shape index (κ3) is 6.87. The van der Waals surface area contributed by atoms with Crippen LogP contribution in [0.25, 0.3) is 11.4 Å². The van der Waals surface area contributed by atoms with E-state index in [4.69, 9.17) is 32.7 Å². The number of amides is 1. The molecule has 254 valence electrons. The van der Waals surface area contributed by atoms with Crippen molar-refractivity contribution >= 4 is 74.5 Å². The fraction of sp³-hybridized carbons (Fsp3) is 0.286. The number of Topliss-reactive ketones (excluding diaryl/α,β-unsaturated/α-hetero) is 1. The Morgan fingerprint density at radius 1 is 1.08 bits per heavy atom. The lowest BCUT2D eigenvalue weighted by Crippen LogP contribution is -2.29. The lowest BCUT2D eigenvalue weighted by atomic mass is 9.96. The second-order valence-electron chi connectivity index (χ2n) is 11.9. The lowest BCUT2D eigenvalue weighted by Gasteiger charge is -2.23. The highest BCUT2D eigenvalue weighted by molar-refractivity contribution is 8.00. The van der Waals surface area contributed by atoms with Crippen LogP contribution in [0.15, 0.2) is 64.6 Å². The molecule has 14 heteroatoms. The fourth-order valence-corrected chi connectivity index (χ4v) is 7.96. The van der Waals surface area contributed by atoms with E-state index >= 15 is 0 Å². The van der Waals surface area contributed by atoms with Crippen LogP contribution >= 0.6 is 46.3 Å². The Morgan fingerprint density at radius 3 is 2.59 bits per heavy atom. The lowest BCUT2D eigenvalue weighted by molar-refractivity contribution is -0.132. The number of aromatic nitrogens is 4. The molecule has 4 heterocycles. The summed E-state index contributed by atoms with van der Waals surface area (Å²) in [5.74, 6) is -0.243. The minimum Gasteiger partial charge on any atom is -0.505 e. The van der Waals surface area contributed by atoms with Gasteiger partial charge in [-0.2, -0.15) is 0 Å². The van der Waals surface area contributed by atoms with Crippen molar-refractivity contribution in [3.63, 3.8) is 0 Å². The number of pyridine rings is 1. The summed E-state index contributed by atoms with van der Waals surface area (Å²) in [6.07, 6.45) is 2.68. The molecular formula is C35H33Cl2N5O5S2. The van der Waals surface area contributed by atoms with Crippen LogP contribution in [-0.4, -0.2) is 50.1 Å². The number of rotatable bonds is 11. The molecule has 0 spiro atoms. The third-order valence-corrected chi connectivity index (χ3v) is 10.9. The number of imidazole rings is 1. The number of benzene rings is 2. The van der Waals surface area contributed by atoms with Gasteiger partial charge in [0.2, 0.25) is 5.13 Å². The zero-order valence-corrected chi connectivity index (χ0v) is 30.5. The quantitative estimate of drug-likeness (QED) is 0.0468. The number of nitrogens with zero attached hydrogens (tertiary/aromatic N) is 5. The van der Waals surface area contributed by atoms with E-state index < -0.39 is 17.7 Å². The summed E-state index contributed by atoms with van der Waals surface area (Å²) in [4.78, 5) is 33.8. The van der Waals surface area contributed by atoms with E-state index in [-0.39, 0.29) is 22.2 Å². The molecule has 1 unspecified atom stereocenters. The Hall–Kier alpha value is -4.10. The van der Waals surface area contributed by atoms with Crippen molar-refractivity contribution < 1.29 is 24.2 Å². The molecule has 3 aromatic heterocycles. The monoisotopic (exact) mass is 737 g/mol. The Balaban J connectivity index is 1.43. The SMILES string of the molecule is COc1cc(C2/C(=C(\O)c3nc4c(C)cccn4c3C)C(=O)C(=O)N2c2nnc(SCc3ccc(Cl)cc3Cl)s2)ccc1OCCC(C)C. The molecule has 1 aliphatic heterocycles. The van der Waals surface area contributed by atoms with Gasteiger partial charge < -0.3 is 19.0 Å². The van der Waals surface area contributed by atoms with E-state index in [0.717, 1.165) is 28.9 Å². The van der Waals surface area contributed by atoms with Crippen molar-refractivity contribution in [2.24, 2.45) is 5.92 Å². The predicted molar refractivity (Wildman–Crippen MR) is 193 cm³/mol. The smallest absolute Gasteiger partial charge is 0.301 e. The van der Waals surface area contributed by atoms with Crippen molar-refractivity contribution in [2.75, 3.05) is 18.6 Å². The number of hydrogen-bond donors (Lipinski definition) is 1. The average Bonchev–Trinajstić information content (AvgIpc) is 3.75. The minimum absolute atomic E-state index is 0.123. The highest BCUT2D eigenvalue weighted by Crippen LogP contribution is 2.46. The van der Waals surface area contributed by atoms with E-state index in [1.807, 2.05) is 35.7 Å². The van der Waals surface area contributed by atoms with Gasteiger partial charge in [-0.3, -0.25) is 14.5 Å². The van der Waals surface area contributed by atoms with Gasteiger partial charge in [0.15, 0.2) is 21.6 Å². The van der Waals surface area contributed by atoms with Gasteiger partial charge in [0.05, 0.1) is 31.0 Å². The maximum absolute atomic E-state index is 13.9. The number of aliphatic hydroxyl groups is 1. The summed E-state index contributed by atoms with van der Waals surface area (Å²) in [7, 11) is 1.52. The molecule has 0 aliphatic carbocycles. The average molecular weight is 739 g/mol. The summed E-state index contributed by atoms with van der Waals surface area (Å²) >= 11 is 15.0. The number of aryl methyl sites for hydroxylation is 2. The second-order valence-corrected chi connectivity index (χ2v) is 14.9. The topological polar surface area (TPSA) is 119 Å². The van der Waals surface area contributed by atoms with E-state index in [1.54, 1.807) is 37.3 Å². The van der Waals surface area contributed by atoms with Crippen LogP contribution < -0.4 is 14.4 Å². The number of carbonyl (C=O) groups is 2. The first kappa shape index (κ1) is 34.8. The first-order valence-corrected chi connectivity index (χ1v) is 18.0. The molecule has 1 saturated heterocycles. The summed E-state index contributed by atoms with van der Waals surface area (Å²) in [5.41, 5.74) is 3.57. The fourth-order valence-electron chi connectivity index (χ4n) is 5.53. The van der Waals surface area contributed by atoms with Crippen LogP contribution in [0.2, 0.25) is 10.0 Å². The Labute approximate surface area is 301 Å². The molecule has 5 aromatic rings. The number of thioether (sulfide) groups is 1. The number of ether oxygens (including phenoxy) is 2. The molecule has 6 rings (SSSR count). The number of fused-ring (bicyclic) bond motifs is 1. The number of aliphatic hydroxyl groups excluding tert-OH is 1. The molecular weight excluding hydrogens is 705 g/mol. The number of hydrogen-bond acceptors (Lipinski definition) is 10. The van der Waals surface area contributed by atoms with Crippen molar-refractivity contribution in [1.29, 1.82) is 0 Å². The molecule has 2 aromatic carbocycles. The number of ketones is 1. The largest absolute Gasteiger partial charge is 0.505 e. The van der Waals surface area contributed by atoms with Gasteiger partial charge >= 0.3 is 5.91 Å². The highest BCUT2D eigenvalue weighted by atomic mass is 35.5. The van der Waals surface area contributed by atoms with Crippen LogP contribution in [0.1, 0.15) is 54.4 Å². The standard InChI is InChI=1S/C35H33Cl2N5O5S2/c1-18(2)12-14-47-25-11-9-21(15-26(25)46-5)29-27(30(43)28-20(4)41-13-6-7-19(3)32(41)38-28)31(44)33(45)42(29)34-39-40-35(49-34)48-17-22-8-10-23(36)16-24(22)37/h6-11,13,15-16,18,29,43H,12,14,17H2,1-5H3/b30-27+. The minimum atomic E-state index is -1.07. The van der Waals surface area contributed by atoms with Crippen molar-refractivity contribution in [1.82, 2.24) is 19.6 Å². The van der Waals surface area contributed by atoms with Crippen molar-refractivity contribution in [3.8, 4) is 11.5 Å². The molecule has 1 aliphatic rings. The van der Waals surface area contributed by atoms with Gasteiger partial charge in [0.1, 0.15) is 11.3 Å². The maximum atomic E-state index is 13.9. The van der Waals surface area contributed by atoms with Crippen LogP contribution in [0, 0.1) is 19.8 Å². The van der Waals surface area contributed by atoms with Crippen LogP contribution in [0.5, 0.6) is 11.5 Å². The molecule has 49 heavy (non-hydrogen) atoms. The summed E-state index contributed by atoms with van der Waals surface area (Å²) in [5, 5.41) is 21.8. The molecule has 10 nitrogen and oxygen atoms in total. The molecule has 1 amide bonds. The highest BCUT2D eigenvalue weighted by Gasteiger charge is 2.49. The number of anilines is 1. The second kappa shape index (κ2) is 14.4. The number of carbonyl (C=O) groups excluding carboxylic acids is 2. The molecule has 0 radical (unpaired) electrons. The van der Waals surface area contributed by atoms with Gasteiger partial charge in [-0.1, -0.05) is 78.3 Å². The van der Waals surface area contributed by atoms with E-state index in [9.17, 15) is 14.7 Å². The maximum Gasteiger partial charge on any atom is 0.301 e. The molecule has 1 N–H and O–H groups in total. The van der Waals surface area contributed by atoms with E-state index in [1.165, 1.54) is 23.8 Å². The van der Waals surface area contributed by atoms with Crippen molar-refractivity contribution in [3.05, 3.63) is 98.4 Å². The Morgan fingerprint density at radius 2 is 1.88 bits per heavy atom. The predicted octanol–water partition coefficient (Wildman–Crippen LogP) is 8.46. The normalized spacial score (nSPS) is 15.9. The zero-order valence-electron chi connectivity index (χ0n) is 27.4. The third-order valence-electron chi connectivity index (χ3n) is 8.18.